The van der Waals surface area contributed by atoms with Crippen LogP contribution in [0, 0.1) is 15.5 Å². The van der Waals surface area contributed by atoms with Crippen molar-refractivity contribution in [3.05, 3.63) is 27.8 Å². The summed E-state index contributed by atoms with van der Waals surface area (Å²) in [6.45, 7) is 5.01. The molecule has 1 fully saturated rings. The largest absolute Gasteiger partial charge is 0.493 e. The summed E-state index contributed by atoms with van der Waals surface area (Å²) in [6, 6.07) is 3.11. The lowest BCUT2D eigenvalue weighted by atomic mass is 9.90. The van der Waals surface area contributed by atoms with E-state index < -0.39 is 0 Å². The van der Waals surface area contributed by atoms with Gasteiger partial charge >= 0.3 is 0 Å². The first-order chi connectivity index (χ1) is 10.4. The molecule has 7 nitrogen and oxygen atoms in total. The van der Waals surface area contributed by atoms with E-state index in [1.807, 2.05) is 0 Å². The summed E-state index contributed by atoms with van der Waals surface area (Å²) in [6.07, 6.45) is 1.00. The average molecular weight is 309 g/mol. The third-order valence-corrected chi connectivity index (χ3v) is 4.31. The van der Waals surface area contributed by atoms with Gasteiger partial charge in [0, 0.05) is 18.7 Å². The zero-order chi connectivity index (χ0) is 16.3. The number of nitrogens with zero attached hydrogens (tertiary/aromatic N) is 2. The SMILES string of the molecule is COc1cc(CN2CCC(C)(CN)C2)c([N+](=O)[O-])cc1OC. The van der Waals surface area contributed by atoms with Gasteiger partial charge in [-0.15, -0.1) is 0 Å². The topological polar surface area (TPSA) is 90.9 Å². The second-order valence-corrected chi connectivity index (χ2v) is 6.07. The van der Waals surface area contributed by atoms with Gasteiger partial charge in [0.15, 0.2) is 11.5 Å². The Morgan fingerprint density at radius 2 is 2.00 bits per heavy atom. The van der Waals surface area contributed by atoms with Crippen molar-refractivity contribution in [3.63, 3.8) is 0 Å². The second-order valence-electron chi connectivity index (χ2n) is 6.07. The number of nitro groups is 1. The van der Waals surface area contributed by atoms with Crippen molar-refractivity contribution in [2.75, 3.05) is 33.9 Å². The Bertz CT molecular complexity index is 564. The van der Waals surface area contributed by atoms with Crippen LogP contribution >= 0.6 is 0 Å². The quantitative estimate of drug-likeness (QED) is 0.636. The molecule has 2 N–H and O–H groups in total. The second kappa shape index (κ2) is 6.50. The van der Waals surface area contributed by atoms with Crippen molar-refractivity contribution < 1.29 is 14.4 Å². The molecule has 0 aromatic heterocycles. The van der Waals surface area contributed by atoms with Gasteiger partial charge < -0.3 is 15.2 Å². The zero-order valence-corrected chi connectivity index (χ0v) is 13.3. The number of hydrogen-bond donors (Lipinski definition) is 1. The lowest BCUT2D eigenvalue weighted by Crippen LogP contribution is -2.31. The van der Waals surface area contributed by atoms with Gasteiger partial charge in [-0.3, -0.25) is 15.0 Å². The number of nitro benzene ring substituents is 1. The van der Waals surface area contributed by atoms with Gasteiger partial charge in [0.05, 0.1) is 25.2 Å². The molecule has 1 aliphatic rings. The van der Waals surface area contributed by atoms with Crippen molar-refractivity contribution in [1.82, 2.24) is 4.90 Å². The molecule has 0 bridgehead atoms. The summed E-state index contributed by atoms with van der Waals surface area (Å²) >= 11 is 0. The predicted octanol–water partition coefficient (Wildman–Crippen LogP) is 1.78. The van der Waals surface area contributed by atoms with Crippen LogP contribution < -0.4 is 15.2 Å². The summed E-state index contributed by atoms with van der Waals surface area (Å²) in [5, 5.41) is 11.3. The molecule has 1 saturated heterocycles. The lowest BCUT2D eigenvalue weighted by molar-refractivity contribution is -0.385. The van der Waals surface area contributed by atoms with Crippen LogP contribution in [-0.4, -0.2) is 43.7 Å². The molecule has 0 aliphatic carbocycles. The van der Waals surface area contributed by atoms with Crippen molar-refractivity contribution in [2.24, 2.45) is 11.1 Å². The molecule has 7 heteroatoms. The highest BCUT2D eigenvalue weighted by atomic mass is 16.6. The minimum Gasteiger partial charge on any atom is -0.493 e. The van der Waals surface area contributed by atoms with E-state index >= 15 is 0 Å². The molecule has 2 rings (SSSR count). The Kier molecular flexibility index (Phi) is 4.87. The number of methoxy groups -OCH3 is 2. The fourth-order valence-electron chi connectivity index (χ4n) is 2.88. The fraction of sp³-hybridized carbons (Fsp3) is 0.600. The van der Waals surface area contributed by atoms with Crippen LogP contribution in [0.2, 0.25) is 0 Å². The predicted molar refractivity (Wildman–Crippen MR) is 83.3 cm³/mol. The van der Waals surface area contributed by atoms with Gasteiger partial charge in [-0.2, -0.15) is 0 Å². The van der Waals surface area contributed by atoms with Gasteiger partial charge in [-0.25, -0.2) is 0 Å². The minimum absolute atomic E-state index is 0.0546. The number of hydrogen-bond acceptors (Lipinski definition) is 6. The smallest absolute Gasteiger partial charge is 0.277 e. The highest BCUT2D eigenvalue weighted by Crippen LogP contribution is 2.36. The molecule has 1 aliphatic heterocycles. The van der Waals surface area contributed by atoms with Crippen LogP contribution in [0.25, 0.3) is 0 Å². The molecule has 0 spiro atoms. The Labute approximate surface area is 130 Å². The summed E-state index contributed by atoms with van der Waals surface area (Å²) < 4.78 is 10.4. The molecule has 1 aromatic carbocycles. The van der Waals surface area contributed by atoms with Gasteiger partial charge in [-0.1, -0.05) is 6.92 Å². The molecule has 122 valence electrons. The van der Waals surface area contributed by atoms with Crippen molar-refractivity contribution in [1.29, 1.82) is 0 Å². The van der Waals surface area contributed by atoms with Gasteiger partial charge in [0.1, 0.15) is 0 Å². The van der Waals surface area contributed by atoms with Crippen LogP contribution in [0.3, 0.4) is 0 Å². The molecule has 0 amide bonds. The maximum atomic E-state index is 11.3. The van der Waals surface area contributed by atoms with Gasteiger partial charge in [-0.05, 0) is 31.0 Å². The van der Waals surface area contributed by atoms with E-state index in [0.717, 1.165) is 19.5 Å². The monoisotopic (exact) mass is 309 g/mol. The minimum atomic E-state index is -0.379. The van der Waals surface area contributed by atoms with Crippen LogP contribution in [0.5, 0.6) is 11.5 Å². The first-order valence-electron chi connectivity index (χ1n) is 7.24. The van der Waals surface area contributed by atoms with E-state index in [1.54, 1.807) is 6.07 Å². The summed E-state index contributed by atoms with van der Waals surface area (Å²) in [5.74, 6) is 0.870. The third-order valence-electron chi connectivity index (χ3n) is 4.31. The first-order valence-corrected chi connectivity index (χ1v) is 7.24. The standard InChI is InChI=1S/C15H23N3O4/c1-15(9-16)4-5-17(10-15)8-11-6-13(21-2)14(22-3)7-12(11)18(19)20/h6-7H,4-5,8-10,16H2,1-3H3. The molecule has 0 saturated carbocycles. The number of ether oxygens (including phenoxy) is 2. The molecule has 22 heavy (non-hydrogen) atoms. The van der Waals surface area contributed by atoms with E-state index in [2.05, 4.69) is 11.8 Å². The zero-order valence-electron chi connectivity index (χ0n) is 13.3. The average Bonchev–Trinajstić information content (AvgIpc) is 2.88. The molecular weight excluding hydrogens is 286 g/mol. The van der Waals surface area contributed by atoms with Crippen LogP contribution in [0.1, 0.15) is 18.9 Å². The molecule has 1 aromatic rings. The summed E-state index contributed by atoms with van der Waals surface area (Å²) in [5.41, 5.74) is 6.59. The van der Waals surface area contributed by atoms with E-state index in [4.69, 9.17) is 15.2 Å². The van der Waals surface area contributed by atoms with E-state index in [1.165, 1.54) is 20.3 Å². The van der Waals surface area contributed by atoms with Crippen molar-refractivity contribution in [3.8, 4) is 11.5 Å². The van der Waals surface area contributed by atoms with Crippen molar-refractivity contribution in [2.45, 2.75) is 19.9 Å². The van der Waals surface area contributed by atoms with E-state index in [0.29, 0.717) is 30.2 Å². The maximum absolute atomic E-state index is 11.3. The molecular formula is C15H23N3O4. The van der Waals surface area contributed by atoms with Crippen LogP contribution in [-0.2, 0) is 6.54 Å². The Balaban J connectivity index is 2.28. The highest BCUT2D eigenvalue weighted by Gasteiger charge is 2.33. The Morgan fingerprint density at radius 3 is 2.50 bits per heavy atom. The fourth-order valence-corrected chi connectivity index (χ4v) is 2.88. The highest BCUT2D eigenvalue weighted by molar-refractivity contribution is 5.54. The molecule has 1 heterocycles. The summed E-state index contributed by atoms with van der Waals surface area (Å²) in [4.78, 5) is 13.1. The van der Waals surface area contributed by atoms with Crippen molar-refractivity contribution >= 4 is 5.69 Å². The van der Waals surface area contributed by atoms with E-state index in [-0.39, 0.29) is 16.0 Å². The van der Waals surface area contributed by atoms with E-state index in [9.17, 15) is 10.1 Å². The molecule has 1 atom stereocenters. The first kappa shape index (κ1) is 16.5. The third kappa shape index (κ3) is 3.31. The maximum Gasteiger partial charge on any atom is 0.277 e. The number of rotatable bonds is 6. The molecule has 1 unspecified atom stereocenters. The van der Waals surface area contributed by atoms with Crippen LogP contribution in [0.4, 0.5) is 5.69 Å². The van der Waals surface area contributed by atoms with Gasteiger partial charge in [0.2, 0.25) is 0 Å². The number of nitrogens with two attached hydrogens (primary N) is 1. The lowest BCUT2D eigenvalue weighted by Gasteiger charge is -2.22. The van der Waals surface area contributed by atoms with Crippen LogP contribution in [0.15, 0.2) is 12.1 Å². The summed E-state index contributed by atoms with van der Waals surface area (Å²) in [7, 11) is 2.99. The molecule has 0 radical (unpaired) electrons. The Morgan fingerprint density at radius 1 is 1.36 bits per heavy atom. The Hall–Kier alpha value is -1.86. The number of benzene rings is 1. The number of likely N-dealkylation sites (tertiary alicyclic amines) is 1. The normalized spacial score (nSPS) is 21.8. The van der Waals surface area contributed by atoms with Gasteiger partial charge in [0.25, 0.3) is 5.69 Å².